The van der Waals surface area contributed by atoms with E-state index in [2.05, 4.69) is 16.5 Å². The molecule has 0 aromatic carbocycles. The van der Waals surface area contributed by atoms with Crippen LogP contribution in [0.5, 0.6) is 0 Å². The van der Waals surface area contributed by atoms with Gasteiger partial charge in [0.2, 0.25) is 0 Å². The average molecular weight is 383 g/mol. The molecule has 2 saturated heterocycles. The Hall–Kier alpha value is -1.34. The molecule has 3 rings (SSSR count). The topological polar surface area (TPSA) is 52.5 Å². The summed E-state index contributed by atoms with van der Waals surface area (Å²) >= 11 is 6.18. The molecule has 7 heteroatoms. The van der Waals surface area contributed by atoms with Crippen molar-refractivity contribution in [3.8, 4) is 0 Å². The Kier molecular flexibility index (Phi) is 7.55. The summed E-state index contributed by atoms with van der Waals surface area (Å²) in [6, 6.07) is 0. The van der Waals surface area contributed by atoms with Gasteiger partial charge in [0, 0.05) is 43.7 Å². The Morgan fingerprint density at radius 3 is 2.92 bits per heavy atom. The molecular formula is C19H27ClN2O4. The Bertz CT molecular complexity index is 570. The van der Waals surface area contributed by atoms with Gasteiger partial charge in [-0.2, -0.15) is 0 Å². The van der Waals surface area contributed by atoms with Crippen molar-refractivity contribution in [2.45, 2.75) is 12.5 Å². The predicted octanol–water partition coefficient (Wildman–Crippen LogP) is 2.36. The number of aliphatic imine (C=N–C) groups is 1. The standard InChI is InChI=1S/C19H27ClN2O4/c1-2-4-21-16-13-17(19-18(15(16)14-20)25-11-12-26-19)24-8-3-5-22-6-9-23-10-7-22/h2,4,13,15,18H,1,3,5-12,14H2/b21-4-. The second kappa shape index (κ2) is 10.1. The molecule has 0 radical (unpaired) electrons. The molecular weight excluding hydrogens is 356 g/mol. The number of fused-ring (bicyclic) bond motifs is 1. The lowest BCUT2D eigenvalue weighted by Crippen LogP contribution is -2.38. The number of halogens is 1. The van der Waals surface area contributed by atoms with Gasteiger partial charge in [0.25, 0.3) is 0 Å². The molecule has 0 amide bonds. The largest absolute Gasteiger partial charge is 0.490 e. The van der Waals surface area contributed by atoms with Crippen molar-refractivity contribution in [3.05, 3.63) is 35.9 Å². The molecule has 1 aliphatic carbocycles. The number of alkyl halides is 1. The lowest BCUT2D eigenvalue weighted by Gasteiger charge is -2.35. The van der Waals surface area contributed by atoms with Crippen LogP contribution in [0.4, 0.5) is 0 Å². The maximum Gasteiger partial charge on any atom is 0.167 e. The molecule has 0 saturated carbocycles. The van der Waals surface area contributed by atoms with Crippen LogP contribution >= 0.6 is 11.6 Å². The predicted molar refractivity (Wildman–Crippen MR) is 102 cm³/mol. The Morgan fingerprint density at radius 2 is 2.15 bits per heavy atom. The van der Waals surface area contributed by atoms with Crippen LogP contribution in [0.2, 0.25) is 0 Å². The van der Waals surface area contributed by atoms with Gasteiger partial charge in [-0.15, -0.1) is 11.6 Å². The number of allylic oxidation sites excluding steroid dienone is 2. The number of morpholine rings is 1. The number of nitrogens with zero attached hydrogens (tertiary/aromatic N) is 2. The molecule has 0 N–H and O–H groups in total. The van der Waals surface area contributed by atoms with E-state index in [1.807, 2.05) is 6.08 Å². The van der Waals surface area contributed by atoms with Gasteiger partial charge in [0.05, 0.1) is 32.1 Å². The Balaban J connectivity index is 1.64. The third kappa shape index (κ3) is 4.88. The summed E-state index contributed by atoms with van der Waals surface area (Å²) in [6.07, 6.45) is 5.93. The monoisotopic (exact) mass is 382 g/mol. The average Bonchev–Trinajstić information content (AvgIpc) is 2.70. The van der Waals surface area contributed by atoms with Crippen molar-refractivity contribution < 1.29 is 18.9 Å². The van der Waals surface area contributed by atoms with E-state index in [4.69, 9.17) is 30.5 Å². The fraction of sp³-hybridized carbons (Fsp3) is 0.632. The minimum atomic E-state index is -0.238. The van der Waals surface area contributed by atoms with Crippen LogP contribution in [0.3, 0.4) is 0 Å². The van der Waals surface area contributed by atoms with Crippen molar-refractivity contribution in [1.29, 1.82) is 0 Å². The summed E-state index contributed by atoms with van der Waals surface area (Å²) in [5.41, 5.74) is 0.835. The second-order valence-corrected chi connectivity index (χ2v) is 6.68. The van der Waals surface area contributed by atoms with Gasteiger partial charge < -0.3 is 18.9 Å². The number of ether oxygens (including phenoxy) is 4. The van der Waals surface area contributed by atoms with Crippen molar-refractivity contribution in [2.75, 3.05) is 58.5 Å². The van der Waals surface area contributed by atoms with Crippen LogP contribution in [0.25, 0.3) is 0 Å². The van der Waals surface area contributed by atoms with Crippen molar-refractivity contribution in [3.63, 3.8) is 0 Å². The highest BCUT2D eigenvalue weighted by atomic mass is 35.5. The summed E-state index contributed by atoms with van der Waals surface area (Å²) < 4.78 is 23.2. The third-order valence-electron chi connectivity index (χ3n) is 4.64. The quantitative estimate of drug-likeness (QED) is 0.366. The van der Waals surface area contributed by atoms with E-state index < -0.39 is 0 Å². The number of rotatable bonds is 8. The fourth-order valence-corrected chi connectivity index (χ4v) is 3.62. The van der Waals surface area contributed by atoms with E-state index in [0.717, 1.165) is 50.7 Å². The summed E-state index contributed by atoms with van der Waals surface area (Å²) in [5.74, 6) is 1.80. The maximum atomic E-state index is 6.18. The number of hydrogen-bond acceptors (Lipinski definition) is 6. The van der Waals surface area contributed by atoms with Crippen LogP contribution in [0, 0.1) is 5.92 Å². The van der Waals surface area contributed by atoms with Gasteiger partial charge in [-0.05, 0) is 6.42 Å². The normalized spacial score (nSPS) is 27.0. The van der Waals surface area contributed by atoms with Gasteiger partial charge >= 0.3 is 0 Å². The lowest BCUT2D eigenvalue weighted by molar-refractivity contribution is -0.0669. The molecule has 26 heavy (non-hydrogen) atoms. The van der Waals surface area contributed by atoms with Gasteiger partial charge in [0.15, 0.2) is 11.5 Å². The fourth-order valence-electron chi connectivity index (χ4n) is 3.30. The van der Waals surface area contributed by atoms with E-state index in [0.29, 0.717) is 31.5 Å². The zero-order valence-electron chi connectivity index (χ0n) is 15.1. The third-order valence-corrected chi connectivity index (χ3v) is 4.97. The van der Waals surface area contributed by atoms with Gasteiger partial charge in [-0.25, -0.2) is 0 Å². The van der Waals surface area contributed by atoms with Crippen molar-refractivity contribution in [2.24, 2.45) is 10.9 Å². The second-order valence-electron chi connectivity index (χ2n) is 6.37. The van der Waals surface area contributed by atoms with E-state index in [1.165, 1.54) is 0 Å². The van der Waals surface area contributed by atoms with Gasteiger partial charge in [-0.1, -0.05) is 12.7 Å². The first-order valence-electron chi connectivity index (χ1n) is 9.17. The maximum absolute atomic E-state index is 6.18. The molecule has 6 nitrogen and oxygen atoms in total. The smallest absolute Gasteiger partial charge is 0.167 e. The summed E-state index contributed by atoms with van der Waals surface area (Å²) in [5, 5.41) is 0. The molecule has 144 valence electrons. The molecule has 0 aromatic rings. The van der Waals surface area contributed by atoms with Crippen molar-refractivity contribution in [1.82, 2.24) is 4.90 Å². The van der Waals surface area contributed by atoms with Gasteiger partial charge in [-0.3, -0.25) is 9.89 Å². The highest BCUT2D eigenvalue weighted by molar-refractivity contribution is 6.18. The van der Waals surface area contributed by atoms with Crippen LogP contribution in [-0.2, 0) is 18.9 Å². The minimum absolute atomic E-state index is 0.0520. The SMILES string of the molecule is C=C/C=N\C1=CC(OCCCN2CCOCC2)=C2OCCOC2C1CCl. The highest BCUT2D eigenvalue weighted by Crippen LogP contribution is 2.36. The molecule has 0 aromatic heterocycles. The van der Waals surface area contributed by atoms with E-state index in [-0.39, 0.29) is 12.0 Å². The van der Waals surface area contributed by atoms with Crippen LogP contribution in [0.15, 0.2) is 40.9 Å². The first kappa shape index (κ1) is 19.4. The molecule has 2 atom stereocenters. The summed E-state index contributed by atoms with van der Waals surface area (Å²) in [7, 11) is 0. The zero-order chi connectivity index (χ0) is 18.2. The molecule has 2 heterocycles. The summed E-state index contributed by atoms with van der Waals surface area (Å²) in [6.45, 7) is 9.99. The molecule has 2 unspecified atom stereocenters. The van der Waals surface area contributed by atoms with Gasteiger partial charge in [0.1, 0.15) is 12.7 Å². The van der Waals surface area contributed by atoms with Crippen LogP contribution in [0.1, 0.15) is 6.42 Å². The molecule has 0 spiro atoms. The lowest BCUT2D eigenvalue weighted by atomic mass is 9.92. The molecule has 3 aliphatic rings. The highest BCUT2D eigenvalue weighted by Gasteiger charge is 2.38. The van der Waals surface area contributed by atoms with E-state index in [1.54, 1.807) is 12.3 Å². The molecule has 2 aliphatic heterocycles. The Morgan fingerprint density at radius 1 is 1.31 bits per heavy atom. The summed E-state index contributed by atoms with van der Waals surface area (Å²) in [4.78, 5) is 6.86. The first-order valence-corrected chi connectivity index (χ1v) is 9.71. The first-order chi connectivity index (χ1) is 12.8. The van der Waals surface area contributed by atoms with Crippen LogP contribution < -0.4 is 0 Å². The number of hydrogen-bond donors (Lipinski definition) is 0. The van der Waals surface area contributed by atoms with E-state index >= 15 is 0 Å². The van der Waals surface area contributed by atoms with E-state index in [9.17, 15) is 0 Å². The van der Waals surface area contributed by atoms with Crippen molar-refractivity contribution >= 4 is 17.8 Å². The Labute approximate surface area is 160 Å². The zero-order valence-corrected chi connectivity index (χ0v) is 15.8. The molecule has 0 bridgehead atoms. The van der Waals surface area contributed by atoms with Crippen LogP contribution in [-0.4, -0.2) is 75.8 Å². The minimum Gasteiger partial charge on any atom is -0.490 e. The molecule has 2 fully saturated rings.